The number of aryl methyl sites for hydroxylation is 1. The number of thiophene rings is 1. The predicted octanol–water partition coefficient (Wildman–Crippen LogP) is 1.77. The first-order valence-electron chi connectivity index (χ1n) is 6.16. The van der Waals surface area contributed by atoms with Crippen LogP contribution in [0.15, 0.2) is 6.07 Å². The summed E-state index contributed by atoms with van der Waals surface area (Å²) in [6, 6.07) is 2.42. The van der Waals surface area contributed by atoms with Crippen LogP contribution in [0, 0.1) is 0 Å². The molecule has 0 aromatic carbocycles. The van der Waals surface area contributed by atoms with Crippen LogP contribution in [0.25, 0.3) is 10.2 Å². The van der Waals surface area contributed by atoms with E-state index in [0.717, 1.165) is 35.3 Å². The Morgan fingerprint density at radius 2 is 2.28 bits per heavy atom. The lowest BCUT2D eigenvalue weighted by Crippen LogP contribution is -2.39. The van der Waals surface area contributed by atoms with Gasteiger partial charge in [-0.1, -0.05) is 6.92 Å². The second-order valence-corrected chi connectivity index (χ2v) is 5.80. The Hall–Kier alpha value is -1.40. The van der Waals surface area contributed by atoms with Crippen molar-refractivity contribution in [2.45, 2.75) is 38.3 Å². The number of hydrogen-bond acceptors (Lipinski definition) is 6. The number of aliphatic hydroxyl groups excluding tert-OH is 1. The van der Waals surface area contributed by atoms with Gasteiger partial charge in [-0.25, -0.2) is 4.98 Å². The van der Waals surface area contributed by atoms with Crippen LogP contribution in [-0.4, -0.2) is 27.2 Å². The summed E-state index contributed by atoms with van der Waals surface area (Å²) in [5.74, 6) is 1.10. The molecule has 1 aliphatic carbocycles. The molecule has 1 aliphatic rings. The third kappa shape index (κ3) is 2.02. The molecular weight excluding hydrogens is 248 g/mol. The molecule has 0 amide bonds. The van der Waals surface area contributed by atoms with Gasteiger partial charge in [-0.15, -0.1) is 11.3 Å². The van der Waals surface area contributed by atoms with Crippen molar-refractivity contribution >= 4 is 33.3 Å². The van der Waals surface area contributed by atoms with Crippen LogP contribution in [0.3, 0.4) is 0 Å². The summed E-state index contributed by atoms with van der Waals surface area (Å²) >= 11 is 1.66. The van der Waals surface area contributed by atoms with Gasteiger partial charge in [0.2, 0.25) is 5.95 Å². The molecule has 0 bridgehead atoms. The highest BCUT2D eigenvalue weighted by molar-refractivity contribution is 7.18. The fraction of sp³-hybridized carbons (Fsp3) is 0.500. The largest absolute Gasteiger partial charge is 0.393 e. The molecular formula is C12H16N4OS. The number of hydrogen-bond donors (Lipinski definition) is 3. The second-order valence-electron chi connectivity index (χ2n) is 4.68. The average molecular weight is 264 g/mol. The van der Waals surface area contributed by atoms with Gasteiger partial charge in [-0.3, -0.25) is 0 Å². The van der Waals surface area contributed by atoms with Gasteiger partial charge in [0.05, 0.1) is 11.5 Å². The zero-order chi connectivity index (χ0) is 12.7. The van der Waals surface area contributed by atoms with Crippen LogP contribution in [0.2, 0.25) is 0 Å². The zero-order valence-electron chi connectivity index (χ0n) is 10.2. The Morgan fingerprint density at radius 3 is 2.94 bits per heavy atom. The van der Waals surface area contributed by atoms with E-state index in [2.05, 4.69) is 28.3 Å². The molecule has 2 aromatic rings. The molecule has 96 valence electrons. The fourth-order valence-electron chi connectivity index (χ4n) is 2.17. The summed E-state index contributed by atoms with van der Waals surface area (Å²) in [6.07, 6.45) is 2.36. The van der Waals surface area contributed by atoms with Crippen molar-refractivity contribution in [3.8, 4) is 0 Å². The summed E-state index contributed by atoms with van der Waals surface area (Å²) in [5, 5.41) is 13.7. The number of nitrogens with two attached hydrogens (primary N) is 1. The molecule has 3 rings (SSSR count). The standard InChI is InChI=1S/C12H16N4OS/c1-2-8-5-9-10(14-6-3-7(17)4-6)15-12(13)16-11(9)18-8/h5-7,17H,2-4H2,1H3,(H3,13,14,15,16). The van der Waals surface area contributed by atoms with Crippen LogP contribution in [0.1, 0.15) is 24.6 Å². The third-order valence-electron chi connectivity index (χ3n) is 3.26. The van der Waals surface area contributed by atoms with E-state index >= 15 is 0 Å². The summed E-state index contributed by atoms with van der Waals surface area (Å²) in [4.78, 5) is 10.8. The Labute approximate surface area is 109 Å². The number of nitrogens with one attached hydrogen (secondary N) is 1. The van der Waals surface area contributed by atoms with Crippen LogP contribution >= 0.6 is 11.3 Å². The maximum atomic E-state index is 9.31. The Balaban J connectivity index is 1.96. The molecule has 4 N–H and O–H groups in total. The normalized spacial score (nSPS) is 23.0. The molecule has 5 nitrogen and oxygen atoms in total. The van der Waals surface area contributed by atoms with Crippen molar-refractivity contribution in [1.29, 1.82) is 0 Å². The molecule has 2 heterocycles. The summed E-state index contributed by atoms with van der Waals surface area (Å²) in [5.41, 5.74) is 5.73. The van der Waals surface area contributed by atoms with Crippen LogP contribution in [-0.2, 0) is 6.42 Å². The molecule has 0 saturated heterocycles. The Bertz CT molecular complexity index is 577. The molecule has 6 heteroatoms. The molecule has 0 atom stereocenters. The molecule has 0 aliphatic heterocycles. The van der Waals surface area contributed by atoms with E-state index in [1.807, 2.05) is 0 Å². The van der Waals surface area contributed by atoms with Crippen molar-refractivity contribution in [1.82, 2.24) is 9.97 Å². The van der Waals surface area contributed by atoms with Crippen LogP contribution in [0.4, 0.5) is 11.8 Å². The Morgan fingerprint density at radius 1 is 1.50 bits per heavy atom. The van der Waals surface area contributed by atoms with E-state index in [0.29, 0.717) is 12.0 Å². The van der Waals surface area contributed by atoms with Gasteiger partial charge >= 0.3 is 0 Å². The number of nitrogen functional groups attached to an aromatic ring is 1. The minimum atomic E-state index is -0.175. The highest BCUT2D eigenvalue weighted by Gasteiger charge is 2.28. The maximum Gasteiger partial charge on any atom is 0.223 e. The number of aromatic nitrogens is 2. The van der Waals surface area contributed by atoms with E-state index in [1.54, 1.807) is 11.3 Å². The van der Waals surface area contributed by atoms with Gasteiger partial charge in [-0.2, -0.15) is 4.98 Å². The van der Waals surface area contributed by atoms with E-state index in [1.165, 1.54) is 4.88 Å². The SMILES string of the molecule is CCc1cc2c(NC3CC(O)C3)nc(N)nc2s1. The third-order valence-corrected chi connectivity index (χ3v) is 4.44. The number of nitrogens with zero attached hydrogens (tertiary/aromatic N) is 2. The van der Waals surface area contributed by atoms with Crippen molar-refractivity contribution in [3.05, 3.63) is 10.9 Å². The summed E-state index contributed by atoms with van der Waals surface area (Å²) < 4.78 is 0. The number of fused-ring (bicyclic) bond motifs is 1. The van der Waals surface area contributed by atoms with Crippen molar-refractivity contribution in [2.75, 3.05) is 11.1 Å². The lowest BCUT2D eigenvalue weighted by Gasteiger charge is -2.32. The molecule has 0 spiro atoms. The maximum absolute atomic E-state index is 9.31. The minimum Gasteiger partial charge on any atom is -0.393 e. The first-order chi connectivity index (χ1) is 8.65. The summed E-state index contributed by atoms with van der Waals surface area (Å²) in [7, 11) is 0. The molecule has 2 aromatic heterocycles. The zero-order valence-corrected chi connectivity index (χ0v) is 11.0. The van der Waals surface area contributed by atoms with Crippen molar-refractivity contribution < 1.29 is 5.11 Å². The topological polar surface area (TPSA) is 84.1 Å². The quantitative estimate of drug-likeness (QED) is 0.787. The van der Waals surface area contributed by atoms with Crippen LogP contribution < -0.4 is 11.1 Å². The molecule has 0 unspecified atom stereocenters. The molecule has 0 radical (unpaired) electrons. The second kappa shape index (κ2) is 4.37. The highest BCUT2D eigenvalue weighted by atomic mass is 32.1. The highest BCUT2D eigenvalue weighted by Crippen LogP contribution is 2.32. The van der Waals surface area contributed by atoms with Gasteiger partial charge in [0, 0.05) is 10.9 Å². The van der Waals surface area contributed by atoms with Gasteiger partial charge in [0.1, 0.15) is 10.6 Å². The van der Waals surface area contributed by atoms with Gasteiger partial charge < -0.3 is 16.2 Å². The predicted molar refractivity (Wildman–Crippen MR) is 73.9 cm³/mol. The van der Waals surface area contributed by atoms with Gasteiger partial charge in [0.25, 0.3) is 0 Å². The smallest absolute Gasteiger partial charge is 0.223 e. The molecule has 18 heavy (non-hydrogen) atoms. The lowest BCUT2D eigenvalue weighted by atomic mass is 9.89. The first kappa shape index (κ1) is 11.7. The summed E-state index contributed by atoms with van der Waals surface area (Å²) in [6.45, 7) is 2.12. The van der Waals surface area contributed by atoms with E-state index in [9.17, 15) is 5.11 Å². The monoisotopic (exact) mass is 264 g/mol. The number of rotatable bonds is 3. The molecule has 1 fully saturated rings. The fourth-order valence-corrected chi connectivity index (χ4v) is 3.15. The van der Waals surface area contributed by atoms with Crippen molar-refractivity contribution in [2.24, 2.45) is 0 Å². The van der Waals surface area contributed by atoms with E-state index in [-0.39, 0.29) is 6.10 Å². The first-order valence-corrected chi connectivity index (χ1v) is 6.98. The van der Waals surface area contributed by atoms with Gasteiger partial charge in [-0.05, 0) is 25.3 Å². The number of aliphatic hydroxyl groups is 1. The van der Waals surface area contributed by atoms with E-state index in [4.69, 9.17) is 5.73 Å². The minimum absolute atomic E-state index is 0.175. The number of anilines is 2. The average Bonchev–Trinajstić information content (AvgIpc) is 2.69. The van der Waals surface area contributed by atoms with Crippen LogP contribution in [0.5, 0.6) is 0 Å². The lowest BCUT2D eigenvalue weighted by molar-refractivity contribution is 0.0836. The molecule has 1 saturated carbocycles. The Kier molecular flexibility index (Phi) is 2.83. The van der Waals surface area contributed by atoms with Crippen molar-refractivity contribution in [3.63, 3.8) is 0 Å². The van der Waals surface area contributed by atoms with E-state index < -0.39 is 0 Å². The van der Waals surface area contributed by atoms with Gasteiger partial charge in [0.15, 0.2) is 0 Å².